The Morgan fingerprint density at radius 1 is 0.923 bits per heavy atom. The lowest BCUT2D eigenvalue weighted by atomic mass is 10.1. The van der Waals surface area contributed by atoms with Gasteiger partial charge >= 0.3 is 0 Å². The molecule has 1 aliphatic rings. The zero-order valence-corrected chi connectivity index (χ0v) is 15.0. The number of carbonyl (C=O) groups excluding carboxylic acids is 1. The number of carbonyl (C=O) groups is 1. The Labute approximate surface area is 151 Å². The second kappa shape index (κ2) is 7.86. The number of methoxy groups -OCH3 is 3. The summed E-state index contributed by atoms with van der Waals surface area (Å²) in [5.41, 5.74) is 0.827. The molecule has 26 heavy (non-hydrogen) atoms. The van der Waals surface area contributed by atoms with Crippen LogP contribution in [0, 0.1) is 0 Å². The van der Waals surface area contributed by atoms with E-state index in [1.54, 1.807) is 37.4 Å². The van der Waals surface area contributed by atoms with E-state index in [0.717, 1.165) is 6.42 Å². The third-order valence-electron chi connectivity index (χ3n) is 3.97. The number of benzene rings is 2. The van der Waals surface area contributed by atoms with Gasteiger partial charge < -0.3 is 29.0 Å². The first-order valence-electron chi connectivity index (χ1n) is 8.17. The zero-order valence-electron chi connectivity index (χ0n) is 15.0. The number of anilines is 1. The molecule has 2 aromatic carbocycles. The summed E-state index contributed by atoms with van der Waals surface area (Å²) in [5.74, 6) is 2.25. The molecule has 0 saturated heterocycles. The molecular formula is C19H21NO6. The lowest BCUT2D eigenvalue weighted by molar-refractivity contribution is 0.102. The van der Waals surface area contributed by atoms with Crippen molar-refractivity contribution in [2.45, 2.75) is 6.42 Å². The molecule has 1 amide bonds. The lowest BCUT2D eigenvalue weighted by Gasteiger charge is -2.15. The van der Waals surface area contributed by atoms with Crippen LogP contribution in [0.15, 0.2) is 30.3 Å². The summed E-state index contributed by atoms with van der Waals surface area (Å²) < 4.78 is 27.2. The van der Waals surface area contributed by atoms with E-state index in [1.807, 2.05) is 0 Å². The molecule has 2 aromatic rings. The molecular weight excluding hydrogens is 338 g/mol. The molecule has 0 spiro atoms. The van der Waals surface area contributed by atoms with Gasteiger partial charge in [0.15, 0.2) is 11.5 Å². The highest BCUT2D eigenvalue weighted by Gasteiger charge is 2.21. The van der Waals surface area contributed by atoms with E-state index in [0.29, 0.717) is 53.2 Å². The van der Waals surface area contributed by atoms with Crippen LogP contribution in [0.3, 0.4) is 0 Å². The van der Waals surface area contributed by atoms with Crippen molar-refractivity contribution in [3.8, 4) is 28.7 Å². The molecule has 0 bridgehead atoms. The normalized spacial score (nSPS) is 12.7. The molecule has 138 valence electrons. The van der Waals surface area contributed by atoms with Crippen LogP contribution in [-0.2, 0) is 0 Å². The Hall–Kier alpha value is -3.09. The standard InChI is InChI=1S/C19H21NO6/c1-22-12-5-6-15(23-2)14(9-12)20-19(21)13-10-17-18(11-16(13)24-3)26-8-4-7-25-17/h5-6,9-11H,4,7-8H2,1-3H3,(H,20,21). The number of hydrogen-bond acceptors (Lipinski definition) is 6. The minimum absolute atomic E-state index is 0.335. The Morgan fingerprint density at radius 3 is 2.27 bits per heavy atom. The molecule has 0 unspecified atom stereocenters. The maximum Gasteiger partial charge on any atom is 0.259 e. The van der Waals surface area contributed by atoms with E-state index < -0.39 is 0 Å². The minimum atomic E-state index is -0.357. The van der Waals surface area contributed by atoms with E-state index in [1.165, 1.54) is 14.2 Å². The molecule has 1 aliphatic heterocycles. The maximum absolute atomic E-state index is 12.8. The molecule has 7 nitrogen and oxygen atoms in total. The predicted molar refractivity (Wildman–Crippen MR) is 96.1 cm³/mol. The van der Waals surface area contributed by atoms with E-state index in [4.69, 9.17) is 23.7 Å². The molecule has 1 N–H and O–H groups in total. The Balaban J connectivity index is 1.94. The quantitative estimate of drug-likeness (QED) is 0.884. The molecule has 1 heterocycles. The van der Waals surface area contributed by atoms with Crippen LogP contribution in [0.4, 0.5) is 5.69 Å². The van der Waals surface area contributed by atoms with Crippen molar-refractivity contribution >= 4 is 11.6 Å². The van der Waals surface area contributed by atoms with Gasteiger partial charge in [-0.25, -0.2) is 0 Å². The third-order valence-corrected chi connectivity index (χ3v) is 3.97. The summed E-state index contributed by atoms with van der Waals surface area (Å²) in [4.78, 5) is 12.8. The summed E-state index contributed by atoms with van der Waals surface area (Å²) in [6, 6.07) is 8.45. The van der Waals surface area contributed by atoms with E-state index in [-0.39, 0.29) is 5.91 Å². The van der Waals surface area contributed by atoms with E-state index in [9.17, 15) is 4.79 Å². The predicted octanol–water partition coefficient (Wildman–Crippen LogP) is 3.13. The highest BCUT2D eigenvalue weighted by molar-refractivity contribution is 6.07. The molecule has 7 heteroatoms. The average molecular weight is 359 g/mol. The van der Waals surface area contributed by atoms with Gasteiger partial charge in [-0.1, -0.05) is 0 Å². The fraction of sp³-hybridized carbons (Fsp3) is 0.316. The minimum Gasteiger partial charge on any atom is -0.497 e. The monoisotopic (exact) mass is 359 g/mol. The largest absolute Gasteiger partial charge is 0.497 e. The van der Waals surface area contributed by atoms with Crippen molar-refractivity contribution in [1.29, 1.82) is 0 Å². The summed E-state index contributed by atoms with van der Waals surface area (Å²) in [6.07, 6.45) is 0.777. The Bertz CT molecular complexity index is 805. The number of fused-ring (bicyclic) bond motifs is 1. The second-order valence-corrected chi connectivity index (χ2v) is 5.57. The Kier molecular flexibility index (Phi) is 5.36. The SMILES string of the molecule is COc1ccc(OC)c(NC(=O)c2cc3c(cc2OC)OCCCO3)c1. The first-order chi connectivity index (χ1) is 12.7. The van der Waals surface area contributed by atoms with Crippen LogP contribution in [0.5, 0.6) is 28.7 Å². The second-order valence-electron chi connectivity index (χ2n) is 5.57. The van der Waals surface area contributed by atoms with Gasteiger partial charge in [-0.2, -0.15) is 0 Å². The number of amides is 1. The van der Waals surface area contributed by atoms with Crippen LogP contribution in [0.1, 0.15) is 16.8 Å². The molecule has 0 radical (unpaired) electrons. The van der Waals surface area contributed by atoms with Crippen molar-refractivity contribution in [2.75, 3.05) is 39.9 Å². The topological polar surface area (TPSA) is 75.3 Å². The average Bonchev–Trinajstić information content (AvgIpc) is 2.91. The highest BCUT2D eigenvalue weighted by Crippen LogP contribution is 2.37. The Morgan fingerprint density at radius 2 is 1.62 bits per heavy atom. The van der Waals surface area contributed by atoms with Gasteiger partial charge in [-0.05, 0) is 12.1 Å². The van der Waals surface area contributed by atoms with E-state index in [2.05, 4.69) is 5.32 Å². The van der Waals surface area contributed by atoms with Crippen molar-refractivity contribution in [2.24, 2.45) is 0 Å². The first kappa shape index (κ1) is 17.7. The molecule has 0 saturated carbocycles. The smallest absolute Gasteiger partial charge is 0.259 e. The lowest BCUT2D eigenvalue weighted by Crippen LogP contribution is -2.14. The number of ether oxygens (including phenoxy) is 5. The molecule has 0 fully saturated rings. The van der Waals surface area contributed by atoms with Crippen molar-refractivity contribution in [3.63, 3.8) is 0 Å². The summed E-state index contributed by atoms with van der Waals surface area (Å²) in [7, 11) is 4.59. The molecule has 0 aromatic heterocycles. The molecule has 0 atom stereocenters. The van der Waals surface area contributed by atoms with Gasteiger partial charge in [0.1, 0.15) is 17.2 Å². The summed E-state index contributed by atoms with van der Waals surface area (Å²) in [5, 5.41) is 2.83. The summed E-state index contributed by atoms with van der Waals surface area (Å²) in [6.45, 7) is 1.09. The number of hydrogen-bond donors (Lipinski definition) is 1. The van der Waals surface area contributed by atoms with E-state index >= 15 is 0 Å². The third kappa shape index (κ3) is 3.61. The van der Waals surface area contributed by atoms with Crippen LogP contribution in [-0.4, -0.2) is 40.5 Å². The number of rotatable bonds is 5. The van der Waals surface area contributed by atoms with Gasteiger partial charge in [-0.3, -0.25) is 4.79 Å². The summed E-state index contributed by atoms with van der Waals surface area (Å²) >= 11 is 0. The van der Waals surface area contributed by atoms with Crippen LogP contribution in [0.2, 0.25) is 0 Å². The first-order valence-corrected chi connectivity index (χ1v) is 8.17. The van der Waals surface area contributed by atoms with Crippen molar-refractivity contribution < 1.29 is 28.5 Å². The fourth-order valence-electron chi connectivity index (χ4n) is 2.64. The van der Waals surface area contributed by atoms with Crippen molar-refractivity contribution in [3.05, 3.63) is 35.9 Å². The molecule has 3 rings (SSSR count). The fourth-order valence-corrected chi connectivity index (χ4v) is 2.64. The van der Waals surface area contributed by atoms with Gasteiger partial charge in [0.2, 0.25) is 0 Å². The van der Waals surface area contributed by atoms with Gasteiger partial charge in [0, 0.05) is 24.6 Å². The maximum atomic E-state index is 12.8. The van der Waals surface area contributed by atoms with Crippen molar-refractivity contribution in [1.82, 2.24) is 0 Å². The zero-order chi connectivity index (χ0) is 18.5. The van der Waals surface area contributed by atoms with Gasteiger partial charge in [0.25, 0.3) is 5.91 Å². The highest BCUT2D eigenvalue weighted by atomic mass is 16.5. The van der Waals surface area contributed by atoms with Gasteiger partial charge in [-0.15, -0.1) is 0 Å². The molecule has 0 aliphatic carbocycles. The van der Waals surface area contributed by atoms with Crippen LogP contribution >= 0.6 is 0 Å². The van der Waals surface area contributed by atoms with Gasteiger partial charge in [0.05, 0.1) is 45.8 Å². The van der Waals surface area contributed by atoms with Crippen LogP contribution < -0.4 is 29.0 Å². The van der Waals surface area contributed by atoms with Crippen LogP contribution in [0.25, 0.3) is 0 Å². The number of nitrogens with one attached hydrogen (secondary N) is 1.